The zero-order valence-electron chi connectivity index (χ0n) is 27.5. The molecule has 0 radical (unpaired) electrons. The average Bonchev–Trinajstić information content (AvgIpc) is 2.89. The first-order valence-corrected chi connectivity index (χ1v) is 15.7. The fraction of sp³-hybridized carbons (Fsp3) is 0.706. The third kappa shape index (κ3) is 7.05. The van der Waals surface area contributed by atoms with Crippen molar-refractivity contribution in [3.05, 3.63) is 28.8 Å². The lowest BCUT2D eigenvalue weighted by atomic mass is 9.50. The molecule has 1 aliphatic heterocycles. The molecular formula is C34H48O10. The number of esters is 4. The van der Waals surface area contributed by atoms with Crippen molar-refractivity contribution < 1.29 is 47.6 Å². The Morgan fingerprint density at radius 2 is 1.48 bits per heavy atom. The van der Waals surface area contributed by atoms with Crippen LogP contribution in [-0.4, -0.2) is 61.2 Å². The summed E-state index contributed by atoms with van der Waals surface area (Å²) < 4.78 is 34.9. The number of hydrogen-bond acceptors (Lipinski definition) is 10. The van der Waals surface area contributed by atoms with Gasteiger partial charge in [-0.2, -0.15) is 0 Å². The Kier molecular flexibility index (Phi) is 10.0. The summed E-state index contributed by atoms with van der Waals surface area (Å²) in [6, 6.07) is 4.34. The van der Waals surface area contributed by atoms with E-state index < -0.39 is 54.6 Å². The maximum absolute atomic E-state index is 12.3. The van der Waals surface area contributed by atoms with E-state index in [2.05, 4.69) is 46.8 Å². The Morgan fingerprint density at radius 1 is 0.864 bits per heavy atom. The molecule has 10 nitrogen and oxygen atoms in total. The summed E-state index contributed by atoms with van der Waals surface area (Å²) in [7, 11) is 0. The standard InChI is InChI=1S/C34H48O10/c1-18(2)24-15-23-11-12-28-33(7,8)13-10-14-34(28,9)25(23)16-26(24)43-32-31(42-22(6)38)30(41-21(5)37)29(40-20(4)36)27(44-32)17-39-19(3)35/h15-16,18,27-32H,10-14,17H2,1-9H3/t27-,28+,29-,30+,31+,32+,34-/m1/s1. The molecule has 1 heterocycles. The van der Waals surface area contributed by atoms with E-state index >= 15 is 0 Å². The molecule has 0 aromatic heterocycles. The molecule has 44 heavy (non-hydrogen) atoms. The predicted molar refractivity (Wildman–Crippen MR) is 160 cm³/mol. The van der Waals surface area contributed by atoms with E-state index in [4.69, 9.17) is 28.4 Å². The van der Waals surface area contributed by atoms with Gasteiger partial charge in [0.25, 0.3) is 0 Å². The van der Waals surface area contributed by atoms with Crippen molar-refractivity contribution in [2.24, 2.45) is 11.3 Å². The van der Waals surface area contributed by atoms with Crippen LogP contribution in [0.5, 0.6) is 5.75 Å². The van der Waals surface area contributed by atoms with Gasteiger partial charge in [0, 0.05) is 27.7 Å². The summed E-state index contributed by atoms with van der Waals surface area (Å²) in [5, 5.41) is 0. The first-order chi connectivity index (χ1) is 20.5. The fourth-order valence-electron chi connectivity index (χ4n) is 7.80. The molecule has 0 amide bonds. The molecule has 1 aromatic rings. The van der Waals surface area contributed by atoms with Gasteiger partial charge in [0.2, 0.25) is 12.4 Å². The molecule has 0 bridgehead atoms. The van der Waals surface area contributed by atoms with Crippen LogP contribution in [0.2, 0.25) is 0 Å². The van der Waals surface area contributed by atoms with E-state index in [0.717, 1.165) is 31.2 Å². The summed E-state index contributed by atoms with van der Waals surface area (Å²) in [5.41, 5.74) is 3.71. The highest BCUT2D eigenvalue weighted by Crippen LogP contribution is 2.58. The summed E-state index contributed by atoms with van der Waals surface area (Å²) >= 11 is 0. The van der Waals surface area contributed by atoms with Crippen molar-refractivity contribution >= 4 is 23.9 Å². The Balaban J connectivity index is 1.81. The van der Waals surface area contributed by atoms with Crippen LogP contribution in [0, 0.1) is 11.3 Å². The number of fused-ring (bicyclic) bond motifs is 3. The van der Waals surface area contributed by atoms with Crippen LogP contribution in [0.4, 0.5) is 0 Å². The molecule has 244 valence electrons. The van der Waals surface area contributed by atoms with Crippen molar-refractivity contribution in [1.29, 1.82) is 0 Å². The molecule has 0 unspecified atom stereocenters. The maximum Gasteiger partial charge on any atom is 0.303 e. The van der Waals surface area contributed by atoms with Gasteiger partial charge in [-0.05, 0) is 71.1 Å². The topological polar surface area (TPSA) is 124 Å². The number of benzene rings is 1. The third-order valence-corrected chi connectivity index (χ3v) is 9.60. The molecular weight excluding hydrogens is 568 g/mol. The second-order valence-corrected chi connectivity index (χ2v) is 13.7. The second kappa shape index (κ2) is 13.1. The minimum Gasteiger partial charge on any atom is -0.463 e. The van der Waals surface area contributed by atoms with Gasteiger partial charge in [0.05, 0.1) is 0 Å². The van der Waals surface area contributed by atoms with Gasteiger partial charge in [-0.1, -0.05) is 47.1 Å². The van der Waals surface area contributed by atoms with Crippen molar-refractivity contribution in [2.45, 2.75) is 136 Å². The highest BCUT2D eigenvalue weighted by atomic mass is 16.7. The van der Waals surface area contributed by atoms with Crippen molar-refractivity contribution in [1.82, 2.24) is 0 Å². The van der Waals surface area contributed by atoms with Crippen LogP contribution in [0.25, 0.3) is 0 Å². The number of carbonyl (C=O) groups excluding carboxylic acids is 4. The van der Waals surface area contributed by atoms with Crippen molar-refractivity contribution in [2.75, 3.05) is 6.61 Å². The molecule has 10 heteroatoms. The molecule has 4 rings (SSSR count). The Labute approximate surface area is 260 Å². The molecule has 2 fully saturated rings. The lowest BCUT2D eigenvalue weighted by Crippen LogP contribution is -2.63. The lowest BCUT2D eigenvalue weighted by molar-refractivity contribution is -0.288. The number of rotatable bonds is 8. The molecule has 0 spiro atoms. The van der Waals surface area contributed by atoms with E-state index in [1.807, 2.05) is 0 Å². The molecule has 1 saturated heterocycles. The van der Waals surface area contributed by atoms with Crippen LogP contribution < -0.4 is 4.74 Å². The summed E-state index contributed by atoms with van der Waals surface area (Å²) in [4.78, 5) is 48.5. The van der Waals surface area contributed by atoms with Gasteiger partial charge < -0.3 is 28.4 Å². The Morgan fingerprint density at radius 3 is 2.07 bits per heavy atom. The smallest absolute Gasteiger partial charge is 0.303 e. The van der Waals surface area contributed by atoms with Gasteiger partial charge in [0.1, 0.15) is 18.5 Å². The van der Waals surface area contributed by atoms with E-state index in [-0.39, 0.29) is 23.4 Å². The first kappa shape index (κ1) is 33.7. The molecule has 3 aliphatic rings. The quantitative estimate of drug-likeness (QED) is 0.281. The van der Waals surface area contributed by atoms with Crippen molar-refractivity contribution in [3.63, 3.8) is 0 Å². The van der Waals surface area contributed by atoms with E-state index in [9.17, 15) is 19.2 Å². The van der Waals surface area contributed by atoms with Gasteiger partial charge in [0.15, 0.2) is 12.2 Å². The summed E-state index contributed by atoms with van der Waals surface area (Å²) in [6.07, 6.45) is -0.645. The van der Waals surface area contributed by atoms with Gasteiger partial charge in [-0.25, -0.2) is 0 Å². The SMILES string of the molecule is CC(=O)OC[C@H]1O[C@H](Oc2cc3c(cc2C(C)C)CC[C@H]2C(C)(C)CCC[C@]32C)[C@@H](OC(C)=O)[C@@H](OC(C)=O)[C@@H]1OC(C)=O. The second-order valence-electron chi connectivity index (χ2n) is 13.7. The number of aryl methyl sites for hydroxylation is 1. The zero-order valence-corrected chi connectivity index (χ0v) is 27.5. The van der Waals surface area contributed by atoms with E-state index in [1.165, 1.54) is 45.2 Å². The third-order valence-electron chi connectivity index (χ3n) is 9.60. The van der Waals surface area contributed by atoms with Crippen LogP contribution in [-0.2, 0) is 54.7 Å². The summed E-state index contributed by atoms with van der Waals surface area (Å²) in [6.45, 7) is 15.8. The zero-order chi connectivity index (χ0) is 32.6. The van der Waals surface area contributed by atoms with Gasteiger partial charge in [-0.15, -0.1) is 0 Å². The molecule has 0 N–H and O–H groups in total. The van der Waals surface area contributed by atoms with Crippen LogP contribution in [0.3, 0.4) is 0 Å². The highest BCUT2D eigenvalue weighted by Gasteiger charge is 2.54. The van der Waals surface area contributed by atoms with Crippen LogP contribution >= 0.6 is 0 Å². The van der Waals surface area contributed by atoms with Crippen LogP contribution in [0.1, 0.15) is 111 Å². The maximum atomic E-state index is 12.3. The minimum atomic E-state index is -1.29. The largest absolute Gasteiger partial charge is 0.463 e. The normalized spacial score (nSPS) is 30.8. The first-order valence-electron chi connectivity index (χ1n) is 15.7. The highest BCUT2D eigenvalue weighted by molar-refractivity contribution is 5.68. The number of hydrogen-bond donors (Lipinski definition) is 0. The molecule has 1 saturated carbocycles. The molecule has 7 atom stereocenters. The van der Waals surface area contributed by atoms with Gasteiger partial charge in [-0.3, -0.25) is 19.2 Å². The van der Waals surface area contributed by atoms with E-state index in [1.54, 1.807) is 0 Å². The Hall–Kier alpha value is -3.14. The number of carbonyl (C=O) groups is 4. The lowest BCUT2D eigenvalue weighted by Gasteiger charge is -2.54. The molecule has 2 aliphatic carbocycles. The van der Waals surface area contributed by atoms with Crippen LogP contribution in [0.15, 0.2) is 12.1 Å². The van der Waals surface area contributed by atoms with Gasteiger partial charge >= 0.3 is 23.9 Å². The predicted octanol–water partition coefficient (Wildman–Crippen LogP) is 5.30. The molecule has 1 aromatic carbocycles. The monoisotopic (exact) mass is 616 g/mol. The Bertz CT molecular complexity index is 1270. The van der Waals surface area contributed by atoms with E-state index in [0.29, 0.717) is 11.7 Å². The summed E-state index contributed by atoms with van der Waals surface area (Å²) in [5.74, 6) is -1.43. The fourth-order valence-corrected chi connectivity index (χ4v) is 7.80. The number of ether oxygens (including phenoxy) is 6. The van der Waals surface area contributed by atoms with Crippen molar-refractivity contribution in [3.8, 4) is 5.75 Å². The average molecular weight is 617 g/mol. The minimum absolute atomic E-state index is 0.0375.